The van der Waals surface area contributed by atoms with Gasteiger partial charge < -0.3 is 19.7 Å². The van der Waals surface area contributed by atoms with E-state index in [9.17, 15) is 9.59 Å². The fraction of sp³-hybridized carbons (Fsp3) is 0.926. The van der Waals surface area contributed by atoms with Crippen molar-refractivity contribution in [2.24, 2.45) is 0 Å². The lowest BCUT2D eigenvalue weighted by Gasteiger charge is -2.06. The first-order chi connectivity index (χ1) is 22.2. The smallest absolute Gasteiger partial charge is 0.306 e. The van der Waals surface area contributed by atoms with E-state index in [1.54, 1.807) is 70.6 Å². The number of carbonyl (C=O) groups excluding carboxylic acids is 2. The zero-order valence-corrected chi connectivity index (χ0v) is 32.6. The van der Waals surface area contributed by atoms with Crippen molar-refractivity contribution in [3.05, 3.63) is 0 Å². The van der Waals surface area contributed by atoms with Crippen molar-refractivity contribution in [3.8, 4) is 0 Å². The number of hydrogen-bond acceptors (Lipinski definition) is 18. The van der Waals surface area contributed by atoms with Gasteiger partial charge in [-0.2, -0.15) is 70.6 Å². The van der Waals surface area contributed by atoms with Gasteiger partial charge in [-0.3, -0.25) is 9.59 Å². The predicted octanol–water partition coefficient (Wildman–Crippen LogP) is 5.25. The molecule has 0 radical (unpaired) electrons. The monoisotopic (exact) mass is 792 g/mol. The number of rotatable bonds is 38. The maximum atomic E-state index is 11.8. The molecular formula is C27H52O10S8. The molecule has 0 aromatic heterocycles. The third kappa shape index (κ3) is 41.6. The van der Waals surface area contributed by atoms with Crippen LogP contribution in [0.2, 0.25) is 0 Å². The van der Waals surface area contributed by atoms with Crippen LogP contribution < -0.4 is 0 Å². The van der Waals surface area contributed by atoms with Gasteiger partial charge in [-0.05, 0) is 24.3 Å². The Labute approximate surface area is 304 Å². The fourth-order valence-electron chi connectivity index (χ4n) is 2.61. The van der Waals surface area contributed by atoms with Crippen LogP contribution in [-0.2, 0) is 38.6 Å². The first-order valence-electron chi connectivity index (χ1n) is 14.8. The van der Waals surface area contributed by atoms with E-state index in [0.717, 1.165) is 79.9 Å². The van der Waals surface area contributed by atoms with E-state index in [0.29, 0.717) is 58.2 Å². The molecule has 18 heteroatoms. The summed E-state index contributed by atoms with van der Waals surface area (Å²) in [6.07, 6.45) is 2.71. The number of hydrogen-bond donors (Lipinski definition) is 2. The Balaban J connectivity index is 3.18. The predicted molar refractivity (Wildman–Crippen MR) is 202 cm³/mol. The van der Waals surface area contributed by atoms with Crippen LogP contribution in [-0.4, -0.2) is 148 Å². The Morgan fingerprint density at radius 2 is 0.756 bits per heavy atom. The van der Waals surface area contributed by atoms with Gasteiger partial charge in [-0.15, -0.1) is 23.5 Å². The molecule has 10 nitrogen and oxygen atoms in total. The third-order valence-electron chi connectivity index (χ3n) is 4.68. The number of esters is 2. The molecule has 0 atom stereocenters. The summed E-state index contributed by atoms with van der Waals surface area (Å²) >= 11 is 13.9. The largest absolute Gasteiger partial charge is 0.465 e. The topological polar surface area (TPSA) is 130 Å². The number of thioether (sulfide) groups is 8. The number of ether oxygens (including phenoxy) is 2. The number of carbonyl (C=O) groups is 2. The summed E-state index contributed by atoms with van der Waals surface area (Å²) in [6.45, 7) is 3.43. The van der Waals surface area contributed by atoms with E-state index < -0.39 is 0 Å². The van der Waals surface area contributed by atoms with Crippen molar-refractivity contribution in [1.82, 2.24) is 0 Å². The van der Waals surface area contributed by atoms with E-state index in [4.69, 9.17) is 39.2 Å². The van der Waals surface area contributed by atoms with Crippen LogP contribution in [0, 0.1) is 0 Å². The number of aliphatic hydroxyl groups is 2. The highest BCUT2D eigenvalue weighted by atomic mass is 32.2. The van der Waals surface area contributed by atoms with Crippen LogP contribution >= 0.6 is 94.1 Å². The van der Waals surface area contributed by atoms with Crippen LogP contribution in [0.25, 0.3) is 0 Å². The summed E-state index contributed by atoms with van der Waals surface area (Å²) in [6, 6.07) is 0. The van der Waals surface area contributed by atoms with Gasteiger partial charge in [0.1, 0.15) is 13.2 Å². The summed E-state index contributed by atoms with van der Waals surface area (Å²) in [5.74, 6) is 7.81. The minimum absolute atomic E-state index is 0.134. The van der Waals surface area contributed by atoms with Crippen LogP contribution in [0.15, 0.2) is 0 Å². The maximum Gasteiger partial charge on any atom is 0.306 e. The summed E-state index contributed by atoms with van der Waals surface area (Å²) in [4.78, 5) is 44.1. The molecule has 0 spiro atoms. The summed E-state index contributed by atoms with van der Waals surface area (Å²) in [5.41, 5.74) is 0. The molecule has 0 heterocycles. The second-order valence-corrected chi connectivity index (χ2v) is 18.6. The van der Waals surface area contributed by atoms with E-state index in [1.807, 2.05) is 23.5 Å². The molecule has 0 aromatic rings. The Kier molecular flexibility index (Phi) is 43.1. The molecule has 0 aliphatic carbocycles. The Morgan fingerprint density at radius 3 is 1.22 bits per heavy atom. The van der Waals surface area contributed by atoms with Gasteiger partial charge >= 0.3 is 11.9 Å². The SMILES string of the molecule is O=C(CCSCSCCCOOCCSCSCCOC(=O)CCSCSCCCOOCCSCCO)OCCSCCO. The first-order valence-corrected chi connectivity index (χ1v) is 24.1. The van der Waals surface area contributed by atoms with Gasteiger partial charge in [0.25, 0.3) is 0 Å². The molecule has 45 heavy (non-hydrogen) atoms. The lowest BCUT2D eigenvalue weighted by Crippen LogP contribution is -2.08. The van der Waals surface area contributed by atoms with Crippen LogP contribution in [0.5, 0.6) is 0 Å². The van der Waals surface area contributed by atoms with Gasteiger partial charge in [0.2, 0.25) is 0 Å². The highest BCUT2D eigenvalue weighted by molar-refractivity contribution is 8.16. The summed E-state index contributed by atoms with van der Waals surface area (Å²) in [7, 11) is 0. The second-order valence-electron chi connectivity index (χ2n) is 8.41. The zero-order valence-electron chi connectivity index (χ0n) is 26.1. The minimum atomic E-state index is -0.157. The third-order valence-corrected chi connectivity index (χ3v) is 13.6. The van der Waals surface area contributed by atoms with Crippen molar-refractivity contribution >= 4 is 106 Å². The molecule has 0 amide bonds. The molecule has 0 saturated carbocycles. The van der Waals surface area contributed by atoms with E-state index >= 15 is 0 Å². The molecule has 0 saturated heterocycles. The Hall–Kier alpha value is 1.50. The highest BCUT2D eigenvalue weighted by Gasteiger charge is 2.04. The Morgan fingerprint density at radius 1 is 0.400 bits per heavy atom. The fourth-order valence-corrected chi connectivity index (χ4v) is 9.56. The highest BCUT2D eigenvalue weighted by Crippen LogP contribution is 2.16. The van der Waals surface area contributed by atoms with Gasteiger partial charge in [0, 0.05) is 61.3 Å². The summed E-state index contributed by atoms with van der Waals surface area (Å²) in [5, 5.41) is 20.2. The molecule has 0 bridgehead atoms. The van der Waals surface area contributed by atoms with E-state index in [-0.39, 0.29) is 25.2 Å². The van der Waals surface area contributed by atoms with Crippen LogP contribution in [0.3, 0.4) is 0 Å². The molecule has 0 aliphatic heterocycles. The second kappa shape index (κ2) is 41.7. The lowest BCUT2D eigenvalue weighted by atomic mass is 10.5. The molecule has 268 valence electrons. The van der Waals surface area contributed by atoms with Crippen molar-refractivity contribution in [1.29, 1.82) is 0 Å². The van der Waals surface area contributed by atoms with E-state index in [1.165, 1.54) is 0 Å². The average Bonchev–Trinajstić information content (AvgIpc) is 3.04. The molecule has 0 unspecified atom stereocenters. The van der Waals surface area contributed by atoms with E-state index in [2.05, 4.69) is 0 Å². The minimum Gasteiger partial charge on any atom is -0.465 e. The number of aliphatic hydroxyl groups excluding tert-OH is 2. The zero-order chi connectivity index (χ0) is 32.7. The quantitative estimate of drug-likeness (QED) is 0.0277. The molecule has 0 rings (SSSR count). The van der Waals surface area contributed by atoms with Crippen molar-refractivity contribution in [2.45, 2.75) is 25.7 Å². The van der Waals surface area contributed by atoms with Crippen LogP contribution in [0.1, 0.15) is 25.7 Å². The maximum absolute atomic E-state index is 11.8. The Bertz CT molecular complexity index is 632. The van der Waals surface area contributed by atoms with Crippen molar-refractivity contribution < 1.29 is 48.8 Å². The normalized spacial score (nSPS) is 11.2. The van der Waals surface area contributed by atoms with Gasteiger partial charge in [-0.1, -0.05) is 0 Å². The lowest BCUT2D eigenvalue weighted by molar-refractivity contribution is -0.289. The molecule has 0 fully saturated rings. The molecule has 2 N–H and O–H groups in total. The average molecular weight is 793 g/mol. The molecular weight excluding hydrogens is 741 g/mol. The van der Waals surface area contributed by atoms with Gasteiger partial charge in [0.05, 0.1) is 52.5 Å². The van der Waals surface area contributed by atoms with Crippen molar-refractivity contribution in [3.63, 3.8) is 0 Å². The standard InChI is InChI=1S/C27H52O10S8/c28-5-17-38-19-9-32-26(30)3-15-42-23-41-14-2-8-35-37-12-22-45-25-44-20-10-33-27(31)4-16-43-24-40-13-1-7-34-36-11-21-39-18-6-29/h28-29H,1-25H2. The molecule has 0 aromatic carbocycles. The molecule has 0 aliphatic rings. The van der Waals surface area contributed by atoms with Gasteiger partial charge in [-0.25, -0.2) is 19.6 Å². The van der Waals surface area contributed by atoms with Gasteiger partial charge in [0.15, 0.2) is 0 Å². The first kappa shape index (κ1) is 46.5. The summed E-state index contributed by atoms with van der Waals surface area (Å²) < 4.78 is 10.4. The van der Waals surface area contributed by atoms with Crippen molar-refractivity contribution in [2.75, 3.05) is 126 Å². The van der Waals surface area contributed by atoms with Crippen LogP contribution in [0.4, 0.5) is 0 Å².